The van der Waals surface area contributed by atoms with Crippen LogP contribution in [0.2, 0.25) is 0 Å². The van der Waals surface area contributed by atoms with Crippen LogP contribution in [-0.4, -0.2) is 67.7 Å². The van der Waals surface area contributed by atoms with Crippen molar-refractivity contribution >= 4 is 11.7 Å². The van der Waals surface area contributed by atoms with Crippen LogP contribution in [0.1, 0.15) is 12.0 Å². The largest absolute Gasteiger partial charge is 0.326 e. The molecule has 0 aliphatic carbocycles. The van der Waals surface area contributed by atoms with E-state index in [0.29, 0.717) is 31.7 Å². The highest BCUT2D eigenvalue weighted by atomic mass is 19.1. The van der Waals surface area contributed by atoms with Crippen LogP contribution in [-0.2, 0) is 20.6 Å². The number of carbonyl (C=O) groups is 1. The molecule has 9 heteroatoms. The molecule has 2 aromatic rings. The molecule has 3 heterocycles. The average Bonchev–Trinajstić information content (AvgIpc) is 3.22. The third-order valence-corrected chi connectivity index (χ3v) is 4.41. The summed E-state index contributed by atoms with van der Waals surface area (Å²) in [6.07, 6.45) is 6.62. The van der Waals surface area contributed by atoms with Crippen LogP contribution in [0, 0.1) is 0 Å². The fraction of sp³-hybridized carbons (Fsp3) is 0.562. The molecular weight excluding hydrogens is 325 g/mol. The Morgan fingerprint density at radius 2 is 2.04 bits per heavy atom. The number of alkyl halides is 1. The van der Waals surface area contributed by atoms with E-state index in [-0.39, 0.29) is 12.1 Å². The molecule has 2 aromatic heterocycles. The van der Waals surface area contributed by atoms with Crippen molar-refractivity contribution in [1.82, 2.24) is 29.4 Å². The van der Waals surface area contributed by atoms with Gasteiger partial charge < -0.3 is 10.2 Å². The number of anilines is 1. The lowest BCUT2D eigenvalue weighted by Crippen LogP contribution is -2.42. The van der Waals surface area contributed by atoms with Gasteiger partial charge in [0.25, 0.3) is 0 Å². The minimum absolute atomic E-state index is 0.0140. The van der Waals surface area contributed by atoms with Gasteiger partial charge in [-0.15, -0.1) is 0 Å². The molecule has 136 valence electrons. The molecule has 1 fully saturated rings. The number of nitrogens with one attached hydrogen (secondary N) is 1. The van der Waals surface area contributed by atoms with Gasteiger partial charge in [-0.2, -0.15) is 10.2 Å². The van der Waals surface area contributed by atoms with E-state index in [1.807, 2.05) is 13.2 Å². The third kappa shape index (κ3) is 4.36. The standard InChI is InChI=1S/C16H24FN7O/c1-21(16(25)20-14-6-19-23(3)10-14)11-15-4-13(17)9-24(15)8-12-5-18-22(2)7-12/h5-7,10,13,15H,4,8-9,11H2,1-3H3,(H,20,25)/t13-,15-/m0/s1. The quantitative estimate of drug-likeness (QED) is 0.881. The lowest BCUT2D eigenvalue weighted by molar-refractivity contribution is 0.183. The Balaban J connectivity index is 1.58. The molecule has 0 radical (unpaired) electrons. The predicted molar refractivity (Wildman–Crippen MR) is 91.8 cm³/mol. The summed E-state index contributed by atoms with van der Waals surface area (Å²) in [5.74, 6) is 0. The van der Waals surface area contributed by atoms with E-state index < -0.39 is 6.17 Å². The van der Waals surface area contributed by atoms with Crippen molar-refractivity contribution < 1.29 is 9.18 Å². The second-order valence-corrected chi connectivity index (χ2v) is 6.65. The maximum Gasteiger partial charge on any atom is 0.321 e. The highest BCUT2D eigenvalue weighted by Gasteiger charge is 2.33. The molecule has 25 heavy (non-hydrogen) atoms. The van der Waals surface area contributed by atoms with Gasteiger partial charge in [0, 0.05) is 64.8 Å². The molecule has 0 bridgehead atoms. The zero-order valence-electron chi connectivity index (χ0n) is 14.8. The van der Waals surface area contributed by atoms with Gasteiger partial charge in [-0.25, -0.2) is 9.18 Å². The second kappa shape index (κ2) is 7.22. The maximum atomic E-state index is 13.9. The van der Waals surface area contributed by atoms with Gasteiger partial charge in [-0.1, -0.05) is 0 Å². The number of halogens is 1. The van der Waals surface area contributed by atoms with Gasteiger partial charge >= 0.3 is 6.03 Å². The Labute approximate surface area is 146 Å². The molecule has 3 rings (SSSR count). The molecule has 0 saturated carbocycles. The Morgan fingerprint density at radius 3 is 2.68 bits per heavy atom. The number of hydrogen-bond donors (Lipinski definition) is 1. The van der Waals surface area contributed by atoms with Gasteiger partial charge in [0.2, 0.25) is 0 Å². The molecule has 1 saturated heterocycles. The van der Waals surface area contributed by atoms with Crippen LogP contribution in [0.15, 0.2) is 24.8 Å². The lowest BCUT2D eigenvalue weighted by Gasteiger charge is -2.28. The number of aromatic nitrogens is 4. The summed E-state index contributed by atoms with van der Waals surface area (Å²) in [6.45, 7) is 1.49. The van der Waals surface area contributed by atoms with Crippen molar-refractivity contribution in [2.24, 2.45) is 14.1 Å². The summed E-state index contributed by atoms with van der Waals surface area (Å²) >= 11 is 0. The highest BCUT2D eigenvalue weighted by molar-refractivity contribution is 5.88. The van der Waals surface area contributed by atoms with E-state index in [1.165, 1.54) is 0 Å². The van der Waals surface area contributed by atoms with Gasteiger partial charge in [0.05, 0.1) is 18.1 Å². The first-order chi connectivity index (χ1) is 11.9. The smallest absolute Gasteiger partial charge is 0.321 e. The minimum Gasteiger partial charge on any atom is -0.326 e. The number of hydrogen-bond acceptors (Lipinski definition) is 4. The first kappa shape index (κ1) is 17.4. The summed E-state index contributed by atoms with van der Waals surface area (Å²) in [6, 6.07) is -0.239. The number of likely N-dealkylation sites (N-methyl/N-ethyl adjacent to an activating group) is 1. The number of likely N-dealkylation sites (tertiary alicyclic amines) is 1. The van der Waals surface area contributed by atoms with E-state index >= 15 is 0 Å². The van der Waals surface area contributed by atoms with E-state index in [4.69, 9.17) is 0 Å². The van der Waals surface area contributed by atoms with Crippen molar-refractivity contribution in [2.45, 2.75) is 25.2 Å². The summed E-state index contributed by atoms with van der Waals surface area (Å²) in [7, 11) is 5.37. The molecule has 1 aliphatic heterocycles. The van der Waals surface area contributed by atoms with Crippen LogP contribution in [0.3, 0.4) is 0 Å². The zero-order valence-corrected chi connectivity index (χ0v) is 14.8. The van der Waals surface area contributed by atoms with Gasteiger partial charge in [-0.05, 0) is 6.42 Å². The molecule has 1 aliphatic rings. The maximum absolute atomic E-state index is 13.9. The molecular formula is C16H24FN7O. The minimum atomic E-state index is -0.864. The summed E-state index contributed by atoms with van der Waals surface area (Å²) < 4.78 is 17.3. The first-order valence-corrected chi connectivity index (χ1v) is 8.27. The predicted octanol–water partition coefficient (Wildman–Crippen LogP) is 1.23. The van der Waals surface area contributed by atoms with Crippen LogP contribution >= 0.6 is 0 Å². The van der Waals surface area contributed by atoms with Crippen molar-refractivity contribution in [3.8, 4) is 0 Å². The van der Waals surface area contributed by atoms with Crippen molar-refractivity contribution in [2.75, 3.05) is 25.5 Å². The first-order valence-electron chi connectivity index (χ1n) is 8.27. The summed E-state index contributed by atoms with van der Waals surface area (Å²) in [4.78, 5) is 16.0. The van der Waals surface area contributed by atoms with Crippen molar-refractivity contribution in [1.29, 1.82) is 0 Å². The monoisotopic (exact) mass is 349 g/mol. The topological polar surface area (TPSA) is 71.2 Å². The summed E-state index contributed by atoms with van der Waals surface area (Å²) in [5.41, 5.74) is 1.69. The Kier molecular flexibility index (Phi) is 5.03. The van der Waals surface area contributed by atoms with Crippen molar-refractivity contribution in [3.63, 3.8) is 0 Å². The number of rotatable bonds is 5. The molecule has 0 unspecified atom stereocenters. The van der Waals surface area contributed by atoms with Crippen LogP contribution in [0.4, 0.5) is 14.9 Å². The number of urea groups is 1. The van der Waals surface area contributed by atoms with E-state index in [9.17, 15) is 9.18 Å². The van der Waals surface area contributed by atoms with E-state index in [1.54, 1.807) is 46.9 Å². The van der Waals surface area contributed by atoms with Crippen molar-refractivity contribution in [3.05, 3.63) is 30.4 Å². The number of nitrogens with zero attached hydrogens (tertiary/aromatic N) is 6. The van der Waals surface area contributed by atoms with Gasteiger partial charge in [0.1, 0.15) is 6.17 Å². The fourth-order valence-electron chi connectivity index (χ4n) is 3.20. The van der Waals surface area contributed by atoms with Crippen LogP contribution < -0.4 is 5.32 Å². The zero-order chi connectivity index (χ0) is 18.0. The normalized spacial score (nSPS) is 20.8. The third-order valence-electron chi connectivity index (χ3n) is 4.41. The number of amides is 2. The second-order valence-electron chi connectivity index (χ2n) is 6.65. The van der Waals surface area contributed by atoms with Gasteiger partial charge in [0.15, 0.2) is 0 Å². The molecule has 0 aromatic carbocycles. The summed E-state index contributed by atoms with van der Waals surface area (Å²) in [5, 5.41) is 11.0. The van der Waals surface area contributed by atoms with Crippen LogP contribution in [0.25, 0.3) is 0 Å². The molecule has 2 amide bonds. The molecule has 0 spiro atoms. The molecule has 2 atom stereocenters. The number of carbonyl (C=O) groups excluding carboxylic acids is 1. The Bertz CT molecular complexity index is 728. The van der Waals surface area contributed by atoms with Crippen LogP contribution in [0.5, 0.6) is 0 Å². The van der Waals surface area contributed by atoms with E-state index in [0.717, 1.165) is 5.56 Å². The SMILES string of the molecule is CN(C[C@@H]1C[C@H](F)CN1Cc1cnn(C)c1)C(=O)Nc1cnn(C)c1. The Morgan fingerprint density at radius 1 is 1.32 bits per heavy atom. The molecule has 1 N–H and O–H groups in total. The molecule has 8 nitrogen and oxygen atoms in total. The van der Waals surface area contributed by atoms with E-state index in [2.05, 4.69) is 20.4 Å². The average molecular weight is 349 g/mol. The fourth-order valence-corrected chi connectivity index (χ4v) is 3.20. The highest BCUT2D eigenvalue weighted by Crippen LogP contribution is 2.23. The number of aryl methyl sites for hydroxylation is 2. The van der Waals surface area contributed by atoms with Gasteiger partial charge in [-0.3, -0.25) is 14.3 Å². The Hall–Kier alpha value is -2.42. The lowest BCUT2D eigenvalue weighted by atomic mass is 10.2.